The van der Waals surface area contributed by atoms with E-state index in [0.717, 1.165) is 0 Å². The Morgan fingerprint density at radius 2 is 1.74 bits per heavy atom. The number of phenolic OH excluding ortho intramolecular Hbond substituents is 4. The Morgan fingerprint density at radius 1 is 1.00 bits per heavy atom. The Morgan fingerprint density at radius 3 is 2.43 bits per heavy atom. The maximum atomic E-state index is 12.6. The minimum Gasteiger partial charge on any atom is -0.508 e. The third kappa shape index (κ3) is 2.44. The molecule has 3 aromatic rings. The van der Waals surface area contributed by atoms with Crippen molar-refractivity contribution in [2.75, 3.05) is 0 Å². The third-order valence-electron chi connectivity index (χ3n) is 3.79. The number of fused-ring (bicyclic) bond motifs is 1. The minimum atomic E-state index is -0.445. The van der Waals surface area contributed by atoms with E-state index in [9.17, 15) is 25.2 Å². The van der Waals surface area contributed by atoms with Gasteiger partial charge in [0.25, 0.3) is 0 Å². The number of aromatic hydroxyl groups is 4. The summed E-state index contributed by atoms with van der Waals surface area (Å²) in [5.41, 5.74) is 0.492. The quantitative estimate of drug-likeness (QED) is 0.578. The molecule has 0 bridgehead atoms. The van der Waals surface area contributed by atoms with E-state index in [4.69, 9.17) is 4.42 Å². The van der Waals surface area contributed by atoms with Crippen LogP contribution in [0.4, 0.5) is 0 Å². The van der Waals surface area contributed by atoms with E-state index in [0.29, 0.717) is 5.56 Å². The molecule has 3 rings (SSSR count). The lowest BCUT2D eigenvalue weighted by Gasteiger charge is -2.08. The normalized spacial score (nSPS) is 11.0. The summed E-state index contributed by atoms with van der Waals surface area (Å²) in [4.78, 5) is 12.6. The van der Waals surface area contributed by atoms with Gasteiger partial charge in [-0.3, -0.25) is 4.79 Å². The van der Waals surface area contributed by atoms with Crippen molar-refractivity contribution in [2.45, 2.75) is 13.3 Å². The summed E-state index contributed by atoms with van der Waals surface area (Å²) < 4.78 is 5.33. The summed E-state index contributed by atoms with van der Waals surface area (Å²) >= 11 is 0. The fraction of sp³-hybridized carbons (Fsp3) is 0.118. The molecule has 0 fully saturated rings. The summed E-state index contributed by atoms with van der Waals surface area (Å²) in [6, 6.07) is 5.35. The second kappa shape index (κ2) is 5.24. The molecular formula is C17H14O6. The lowest BCUT2D eigenvalue weighted by molar-refractivity contribution is 0.444. The van der Waals surface area contributed by atoms with Gasteiger partial charge in [0.15, 0.2) is 5.43 Å². The van der Waals surface area contributed by atoms with Crippen molar-refractivity contribution in [3.05, 3.63) is 57.4 Å². The molecule has 6 nitrogen and oxygen atoms in total. The zero-order chi connectivity index (χ0) is 16.7. The summed E-state index contributed by atoms with van der Waals surface area (Å²) in [7, 11) is 0. The number of hydrogen-bond acceptors (Lipinski definition) is 6. The van der Waals surface area contributed by atoms with Crippen LogP contribution in [0.25, 0.3) is 11.0 Å². The lowest BCUT2D eigenvalue weighted by Crippen LogP contribution is -2.10. The first kappa shape index (κ1) is 14.8. The molecule has 2 aromatic carbocycles. The van der Waals surface area contributed by atoms with Crippen molar-refractivity contribution < 1.29 is 24.8 Å². The fourth-order valence-corrected chi connectivity index (χ4v) is 2.42. The zero-order valence-corrected chi connectivity index (χ0v) is 12.2. The molecule has 0 aliphatic heterocycles. The lowest BCUT2D eigenvalue weighted by atomic mass is 10.0. The number of benzene rings is 2. The SMILES string of the molecule is Cc1c(O)cc2occ(Cc3ccc(O)cc3O)c(=O)c2c1O. The van der Waals surface area contributed by atoms with Crippen LogP contribution in [0, 0.1) is 6.92 Å². The molecule has 0 radical (unpaired) electrons. The molecule has 0 amide bonds. The average molecular weight is 314 g/mol. The second-order valence-electron chi connectivity index (χ2n) is 5.32. The average Bonchev–Trinajstić information content (AvgIpc) is 2.50. The van der Waals surface area contributed by atoms with Crippen molar-refractivity contribution >= 4 is 11.0 Å². The Hall–Kier alpha value is -3.15. The Labute approximate surface area is 130 Å². The smallest absolute Gasteiger partial charge is 0.199 e. The standard InChI is InChI=1S/C17H14O6/c1-8-12(19)6-14-15(16(8)21)17(22)10(7-23-14)4-9-2-3-11(18)5-13(9)20/h2-3,5-7,18-21H,4H2,1H3. The molecule has 4 N–H and O–H groups in total. The summed E-state index contributed by atoms with van der Waals surface area (Å²) in [6.07, 6.45) is 1.30. The first-order valence-electron chi connectivity index (χ1n) is 6.85. The maximum absolute atomic E-state index is 12.6. The van der Waals surface area contributed by atoms with Crippen molar-refractivity contribution in [3.63, 3.8) is 0 Å². The Balaban J connectivity index is 2.16. The highest BCUT2D eigenvalue weighted by atomic mass is 16.3. The highest BCUT2D eigenvalue weighted by molar-refractivity contribution is 5.86. The van der Waals surface area contributed by atoms with Crippen molar-refractivity contribution in [1.82, 2.24) is 0 Å². The van der Waals surface area contributed by atoms with Crippen LogP contribution in [0.1, 0.15) is 16.7 Å². The van der Waals surface area contributed by atoms with Gasteiger partial charge in [0.2, 0.25) is 0 Å². The molecule has 23 heavy (non-hydrogen) atoms. The van der Waals surface area contributed by atoms with Gasteiger partial charge < -0.3 is 24.8 Å². The first-order chi connectivity index (χ1) is 10.9. The molecule has 118 valence electrons. The van der Waals surface area contributed by atoms with E-state index < -0.39 is 5.43 Å². The summed E-state index contributed by atoms with van der Waals surface area (Å²) in [6.45, 7) is 1.49. The van der Waals surface area contributed by atoms with Crippen LogP contribution in [0.5, 0.6) is 23.0 Å². The van der Waals surface area contributed by atoms with Crippen LogP contribution in [0.3, 0.4) is 0 Å². The number of rotatable bonds is 2. The van der Waals surface area contributed by atoms with Gasteiger partial charge in [-0.1, -0.05) is 6.07 Å². The molecule has 0 aliphatic carbocycles. The molecule has 1 aromatic heterocycles. The van der Waals surface area contributed by atoms with E-state index in [-0.39, 0.29) is 51.5 Å². The summed E-state index contributed by atoms with van der Waals surface area (Å²) in [5, 5.41) is 38.9. The van der Waals surface area contributed by atoms with Gasteiger partial charge in [0.05, 0.1) is 6.26 Å². The molecule has 0 unspecified atom stereocenters. The van der Waals surface area contributed by atoms with Gasteiger partial charge in [-0.2, -0.15) is 0 Å². The van der Waals surface area contributed by atoms with Crippen LogP contribution in [-0.2, 0) is 6.42 Å². The van der Waals surface area contributed by atoms with E-state index in [2.05, 4.69) is 0 Å². The Bertz CT molecular complexity index is 971. The van der Waals surface area contributed by atoms with E-state index >= 15 is 0 Å². The number of hydrogen-bond donors (Lipinski definition) is 4. The second-order valence-corrected chi connectivity index (χ2v) is 5.32. The largest absolute Gasteiger partial charge is 0.508 e. The Kier molecular flexibility index (Phi) is 3.37. The van der Waals surface area contributed by atoms with Crippen LogP contribution >= 0.6 is 0 Å². The topological polar surface area (TPSA) is 111 Å². The summed E-state index contributed by atoms with van der Waals surface area (Å²) in [5.74, 6) is -0.719. The van der Waals surface area contributed by atoms with Crippen molar-refractivity contribution in [2.24, 2.45) is 0 Å². The van der Waals surface area contributed by atoms with Gasteiger partial charge in [-0.05, 0) is 18.6 Å². The highest BCUT2D eigenvalue weighted by Gasteiger charge is 2.16. The van der Waals surface area contributed by atoms with Crippen LogP contribution < -0.4 is 5.43 Å². The molecule has 0 atom stereocenters. The first-order valence-corrected chi connectivity index (χ1v) is 6.85. The van der Waals surface area contributed by atoms with Crippen molar-refractivity contribution in [1.29, 1.82) is 0 Å². The molecule has 0 saturated heterocycles. The molecule has 0 saturated carbocycles. The predicted octanol–water partition coefficient (Wildman–Crippen LogP) is 2.51. The van der Waals surface area contributed by atoms with Gasteiger partial charge in [-0.15, -0.1) is 0 Å². The van der Waals surface area contributed by atoms with Gasteiger partial charge in [-0.25, -0.2) is 0 Å². The van der Waals surface area contributed by atoms with E-state index in [1.54, 1.807) is 0 Å². The molecule has 0 aliphatic rings. The van der Waals surface area contributed by atoms with Gasteiger partial charge in [0.1, 0.15) is 34.0 Å². The van der Waals surface area contributed by atoms with Gasteiger partial charge in [0, 0.05) is 29.7 Å². The molecule has 1 heterocycles. The monoisotopic (exact) mass is 314 g/mol. The third-order valence-corrected chi connectivity index (χ3v) is 3.79. The number of phenols is 4. The molecule has 0 spiro atoms. The minimum absolute atomic E-state index is 0.0175. The predicted molar refractivity (Wildman–Crippen MR) is 83.1 cm³/mol. The molecule has 6 heteroatoms. The highest BCUT2D eigenvalue weighted by Crippen LogP contribution is 2.33. The van der Waals surface area contributed by atoms with Crippen LogP contribution in [0.15, 0.2) is 39.7 Å². The fourth-order valence-electron chi connectivity index (χ4n) is 2.42. The van der Waals surface area contributed by atoms with Crippen LogP contribution in [0.2, 0.25) is 0 Å². The van der Waals surface area contributed by atoms with Crippen molar-refractivity contribution in [3.8, 4) is 23.0 Å². The maximum Gasteiger partial charge on any atom is 0.199 e. The van der Waals surface area contributed by atoms with Gasteiger partial charge >= 0.3 is 0 Å². The van der Waals surface area contributed by atoms with Crippen LogP contribution in [-0.4, -0.2) is 20.4 Å². The zero-order valence-electron chi connectivity index (χ0n) is 12.2. The van der Waals surface area contributed by atoms with E-state index in [1.165, 1.54) is 37.5 Å². The van der Waals surface area contributed by atoms with E-state index in [1.807, 2.05) is 0 Å². The molecular weight excluding hydrogens is 300 g/mol.